The number of hydrogen-bond donors (Lipinski definition) is 2. The zero-order valence-corrected chi connectivity index (χ0v) is 10.7. The van der Waals surface area contributed by atoms with Gasteiger partial charge in [-0.1, -0.05) is 31.0 Å². The minimum atomic E-state index is -0.511. The molecule has 1 rings (SSSR count). The van der Waals surface area contributed by atoms with Gasteiger partial charge in [0.25, 0.3) is 0 Å². The molecule has 2 nitrogen and oxygen atoms in total. The molecule has 0 fully saturated rings. The van der Waals surface area contributed by atoms with E-state index in [1.54, 1.807) is 0 Å². The van der Waals surface area contributed by atoms with E-state index in [9.17, 15) is 5.11 Å². The van der Waals surface area contributed by atoms with Gasteiger partial charge in [-0.05, 0) is 43.1 Å². The summed E-state index contributed by atoms with van der Waals surface area (Å²) in [7, 11) is 0. The molecule has 0 amide bonds. The molecule has 0 bridgehead atoms. The van der Waals surface area contributed by atoms with Crippen LogP contribution in [-0.2, 0) is 0 Å². The predicted octanol–water partition coefficient (Wildman–Crippen LogP) is 3.06. The van der Waals surface area contributed by atoms with Gasteiger partial charge >= 0.3 is 0 Å². The Kier molecular flexibility index (Phi) is 5.26. The first-order valence-corrected chi connectivity index (χ1v) is 6.12. The highest BCUT2D eigenvalue weighted by Gasteiger charge is 2.20. The Bertz CT molecular complexity index is 341. The third-order valence-electron chi connectivity index (χ3n) is 2.97. The van der Waals surface area contributed by atoms with Gasteiger partial charge in [-0.3, -0.25) is 0 Å². The van der Waals surface area contributed by atoms with Crippen molar-refractivity contribution in [3.8, 4) is 0 Å². The largest absolute Gasteiger partial charge is 0.388 e. The smallest absolute Gasteiger partial charge is 0.0833 e. The Morgan fingerprint density at radius 2 is 2.12 bits per heavy atom. The monoisotopic (exact) mass is 241 g/mol. The molecule has 0 saturated carbocycles. The second-order valence-electron chi connectivity index (χ2n) is 4.23. The average Bonchev–Trinajstić information content (AvgIpc) is 2.28. The molecule has 0 radical (unpaired) electrons. The van der Waals surface area contributed by atoms with E-state index >= 15 is 0 Å². The fourth-order valence-electron chi connectivity index (χ4n) is 1.96. The third kappa shape index (κ3) is 3.21. The van der Waals surface area contributed by atoms with Crippen molar-refractivity contribution in [1.82, 2.24) is 0 Å². The van der Waals surface area contributed by atoms with E-state index in [-0.39, 0.29) is 5.92 Å². The number of aryl methyl sites for hydroxylation is 1. The fourth-order valence-corrected chi connectivity index (χ4v) is 2.14. The van der Waals surface area contributed by atoms with Crippen LogP contribution < -0.4 is 5.73 Å². The third-order valence-corrected chi connectivity index (χ3v) is 3.20. The second kappa shape index (κ2) is 6.24. The van der Waals surface area contributed by atoms with Crippen LogP contribution in [0.15, 0.2) is 18.2 Å². The van der Waals surface area contributed by atoms with Crippen molar-refractivity contribution < 1.29 is 5.11 Å². The lowest BCUT2D eigenvalue weighted by atomic mass is 9.90. The number of nitrogens with two attached hydrogens (primary N) is 1. The Labute approximate surface area is 102 Å². The lowest BCUT2D eigenvalue weighted by molar-refractivity contribution is 0.106. The summed E-state index contributed by atoms with van der Waals surface area (Å²) in [6.45, 7) is 4.58. The van der Waals surface area contributed by atoms with E-state index in [1.807, 2.05) is 25.1 Å². The molecule has 0 aliphatic carbocycles. The van der Waals surface area contributed by atoms with E-state index in [0.717, 1.165) is 24.0 Å². The van der Waals surface area contributed by atoms with E-state index < -0.39 is 6.10 Å². The summed E-state index contributed by atoms with van der Waals surface area (Å²) >= 11 is 5.94. The van der Waals surface area contributed by atoms with Crippen molar-refractivity contribution in [3.63, 3.8) is 0 Å². The number of halogens is 1. The maximum Gasteiger partial charge on any atom is 0.0833 e. The molecule has 0 aliphatic rings. The van der Waals surface area contributed by atoms with Crippen LogP contribution in [0.25, 0.3) is 0 Å². The minimum absolute atomic E-state index is 0.113. The summed E-state index contributed by atoms with van der Waals surface area (Å²) in [6, 6.07) is 5.60. The Morgan fingerprint density at radius 1 is 1.44 bits per heavy atom. The Balaban J connectivity index is 2.93. The van der Waals surface area contributed by atoms with E-state index in [4.69, 9.17) is 17.3 Å². The number of aliphatic hydroxyl groups excluding tert-OH is 1. The minimum Gasteiger partial charge on any atom is -0.388 e. The van der Waals surface area contributed by atoms with Crippen LogP contribution in [0.1, 0.15) is 37.0 Å². The molecule has 0 spiro atoms. The van der Waals surface area contributed by atoms with Crippen LogP contribution in [0, 0.1) is 12.8 Å². The standard InChI is InChI=1S/C13H20ClNO/c1-3-4-10(8-15)13(16)12-7-11(14)6-5-9(12)2/h5-7,10,13,16H,3-4,8,15H2,1-2H3. The maximum atomic E-state index is 10.3. The first-order valence-electron chi connectivity index (χ1n) is 5.74. The van der Waals surface area contributed by atoms with Crippen LogP contribution in [0.2, 0.25) is 5.02 Å². The molecular weight excluding hydrogens is 222 g/mol. The van der Waals surface area contributed by atoms with Crippen molar-refractivity contribution in [2.45, 2.75) is 32.8 Å². The van der Waals surface area contributed by atoms with E-state index in [2.05, 4.69) is 6.92 Å². The molecule has 3 heteroatoms. The summed E-state index contributed by atoms with van der Waals surface area (Å²) in [5.41, 5.74) is 7.65. The van der Waals surface area contributed by atoms with Gasteiger partial charge in [-0.2, -0.15) is 0 Å². The van der Waals surface area contributed by atoms with Crippen molar-refractivity contribution in [2.75, 3.05) is 6.54 Å². The first-order chi connectivity index (χ1) is 7.60. The van der Waals surface area contributed by atoms with Crippen LogP contribution in [-0.4, -0.2) is 11.7 Å². The van der Waals surface area contributed by atoms with Crippen molar-refractivity contribution in [2.24, 2.45) is 11.7 Å². The molecule has 0 aliphatic heterocycles. The summed E-state index contributed by atoms with van der Waals surface area (Å²) in [5.74, 6) is 0.113. The summed E-state index contributed by atoms with van der Waals surface area (Å²) in [6.07, 6.45) is 1.45. The first kappa shape index (κ1) is 13.5. The quantitative estimate of drug-likeness (QED) is 0.832. The fraction of sp³-hybridized carbons (Fsp3) is 0.538. The lowest BCUT2D eigenvalue weighted by Crippen LogP contribution is -2.22. The van der Waals surface area contributed by atoms with E-state index in [0.29, 0.717) is 11.6 Å². The van der Waals surface area contributed by atoms with Gasteiger partial charge in [0, 0.05) is 10.9 Å². The van der Waals surface area contributed by atoms with Crippen LogP contribution >= 0.6 is 11.6 Å². The van der Waals surface area contributed by atoms with Gasteiger partial charge in [-0.25, -0.2) is 0 Å². The molecule has 0 aromatic heterocycles. The van der Waals surface area contributed by atoms with Gasteiger partial charge in [0.2, 0.25) is 0 Å². The Morgan fingerprint density at radius 3 is 2.69 bits per heavy atom. The SMILES string of the molecule is CCCC(CN)C(O)c1cc(Cl)ccc1C. The number of aliphatic hydroxyl groups is 1. The number of rotatable bonds is 5. The molecule has 0 saturated heterocycles. The predicted molar refractivity (Wildman–Crippen MR) is 68.6 cm³/mol. The van der Waals surface area contributed by atoms with Crippen molar-refractivity contribution >= 4 is 11.6 Å². The second-order valence-corrected chi connectivity index (χ2v) is 4.67. The number of benzene rings is 1. The molecule has 3 N–H and O–H groups in total. The van der Waals surface area contributed by atoms with E-state index in [1.165, 1.54) is 0 Å². The van der Waals surface area contributed by atoms with Crippen LogP contribution in [0.3, 0.4) is 0 Å². The molecule has 16 heavy (non-hydrogen) atoms. The van der Waals surface area contributed by atoms with Gasteiger partial charge in [-0.15, -0.1) is 0 Å². The summed E-state index contributed by atoms with van der Waals surface area (Å²) < 4.78 is 0. The highest BCUT2D eigenvalue weighted by atomic mass is 35.5. The highest BCUT2D eigenvalue weighted by molar-refractivity contribution is 6.30. The topological polar surface area (TPSA) is 46.2 Å². The zero-order chi connectivity index (χ0) is 12.1. The van der Waals surface area contributed by atoms with Gasteiger partial charge in [0.15, 0.2) is 0 Å². The molecule has 1 aromatic rings. The lowest BCUT2D eigenvalue weighted by Gasteiger charge is -2.23. The van der Waals surface area contributed by atoms with Crippen LogP contribution in [0.5, 0.6) is 0 Å². The highest BCUT2D eigenvalue weighted by Crippen LogP contribution is 2.29. The van der Waals surface area contributed by atoms with Crippen molar-refractivity contribution in [3.05, 3.63) is 34.3 Å². The van der Waals surface area contributed by atoms with Gasteiger partial charge in [0.1, 0.15) is 0 Å². The molecule has 2 unspecified atom stereocenters. The Hall–Kier alpha value is -0.570. The van der Waals surface area contributed by atoms with Crippen LogP contribution in [0.4, 0.5) is 0 Å². The molecular formula is C13H20ClNO. The average molecular weight is 242 g/mol. The van der Waals surface area contributed by atoms with Crippen molar-refractivity contribution in [1.29, 1.82) is 0 Å². The van der Waals surface area contributed by atoms with Gasteiger partial charge < -0.3 is 10.8 Å². The number of hydrogen-bond acceptors (Lipinski definition) is 2. The summed E-state index contributed by atoms with van der Waals surface area (Å²) in [5, 5.41) is 10.9. The molecule has 0 heterocycles. The maximum absolute atomic E-state index is 10.3. The zero-order valence-electron chi connectivity index (χ0n) is 9.91. The summed E-state index contributed by atoms with van der Waals surface area (Å²) in [4.78, 5) is 0. The normalized spacial score (nSPS) is 14.8. The van der Waals surface area contributed by atoms with Gasteiger partial charge in [0.05, 0.1) is 6.10 Å². The molecule has 1 aromatic carbocycles. The molecule has 2 atom stereocenters. The molecule has 90 valence electrons.